The number of rotatable bonds is 3. The molecule has 3 heteroatoms. The second kappa shape index (κ2) is 5.84. The fourth-order valence-electron chi connectivity index (χ4n) is 1.57. The second-order valence-electron chi connectivity index (χ2n) is 3.64. The Morgan fingerprint density at radius 3 is 2.62 bits per heavy atom. The number of aliphatic imine (C=N–C) groups is 1. The quantitative estimate of drug-likeness (QED) is 0.410. The van der Waals surface area contributed by atoms with Crippen LogP contribution >= 0.6 is 0 Å². The lowest BCUT2D eigenvalue weighted by molar-refractivity contribution is 0.338. The summed E-state index contributed by atoms with van der Waals surface area (Å²) in [5, 5.41) is 0. The van der Waals surface area contributed by atoms with E-state index >= 15 is 0 Å². The fourth-order valence-corrected chi connectivity index (χ4v) is 1.57. The molecule has 1 aliphatic rings. The molecule has 1 fully saturated rings. The van der Waals surface area contributed by atoms with Crippen LogP contribution in [0.5, 0.6) is 0 Å². The Kier molecular flexibility index (Phi) is 4.65. The molecule has 0 aromatic heterocycles. The number of guanidine groups is 1. The van der Waals surface area contributed by atoms with Crippen LogP contribution in [0.3, 0.4) is 0 Å². The minimum absolute atomic E-state index is 0.758. The van der Waals surface area contributed by atoms with Crippen LogP contribution in [0, 0.1) is 0 Å². The van der Waals surface area contributed by atoms with Crippen molar-refractivity contribution in [2.75, 3.05) is 19.6 Å². The van der Waals surface area contributed by atoms with Gasteiger partial charge >= 0.3 is 0 Å². The first-order chi connectivity index (χ1) is 6.34. The largest absolute Gasteiger partial charge is 0.370 e. The molecule has 0 aromatic rings. The third kappa shape index (κ3) is 3.66. The highest BCUT2D eigenvalue weighted by molar-refractivity contribution is 5.78. The predicted octanol–water partition coefficient (Wildman–Crippen LogP) is 1.59. The standard InChI is InChI=1S/C10H21N3/c1-2-3-7-12-10(11)13-8-5-4-6-9-13/h2-9H2,1H3,(H2,11,12). The van der Waals surface area contributed by atoms with E-state index in [1.165, 1.54) is 25.7 Å². The normalized spacial score (nSPS) is 19.2. The van der Waals surface area contributed by atoms with Gasteiger partial charge in [-0.15, -0.1) is 0 Å². The highest BCUT2D eigenvalue weighted by Crippen LogP contribution is 2.07. The smallest absolute Gasteiger partial charge is 0.191 e. The molecule has 0 atom stereocenters. The van der Waals surface area contributed by atoms with Crippen molar-refractivity contribution in [1.82, 2.24) is 4.90 Å². The SMILES string of the molecule is CCCCN=C(N)N1CCCCC1. The van der Waals surface area contributed by atoms with Crippen molar-refractivity contribution >= 4 is 5.96 Å². The summed E-state index contributed by atoms with van der Waals surface area (Å²) in [5.41, 5.74) is 5.87. The molecule has 0 spiro atoms. The van der Waals surface area contributed by atoms with Gasteiger partial charge in [0.25, 0.3) is 0 Å². The van der Waals surface area contributed by atoms with Crippen LogP contribution in [0.1, 0.15) is 39.0 Å². The van der Waals surface area contributed by atoms with Crippen molar-refractivity contribution in [3.05, 3.63) is 0 Å². The van der Waals surface area contributed by atoms with Crippen molar-refractivity contribution in [3.8, 4) is 0 Å². The van der Waals surface area contributed by atoms with E-state index in [1.807, 2.05) is 0 Å². The molecule has 0 saturated carbocycles. The molecular weight excluding hydrogens is 162 g/mol. The van der Waals surface area contributed by atoms with E-state index < -0.39 is 0 Å². The maximum atomic E-state index is 5.87. The van der Waals surface area contributed by atoms with Crippen LogP contribution in [0.2, 0.25) is 0 Å². The van der Waals surface area contributed by atoms with Gasteiger partial charge < -0.3 is 10.6 Å². The molecule has 0 bridgehead atoms. The number of unbranched alkanes of at least 4 members (excludes halogenated alkanes) is 1. The minimum Gasteiger partial charge on any atom is -0.370 e. The van der Waals surface area contributed by atoms with Gasteiger partial charge in [0.05, 0.1) is 0 Å². The number of piperidine rings is 1. The van der Waals surface area contributed by atoms with Crippen molar-refractivity contribution in [2.24, 2.45) is 10.7 Å². The van der Waals surface area contributed by atoms with E-state index in [2.05, 4.69) is 16.8 Å². The molecule has 1 aliphatic heterocycles. The van der Waals surface area contributed by atoms with Gasteiger partial charge in [0.2, 0.25) is 0 Å². The first-order valence-corrected chi connectivity index (χ1v) is 5.39. The molecule has 1 heterocycles. The summed E-state index contributed by atoms with van der Waals surface area (Å²) < 4.78 is 0. The number of hydrogen-bond donors (Lipinski definition) is 1. The van der Waals surface area contributed by atoms with E-state index in [9.17, 15) is 0 Å². The highest BCUT2D eigenvalue weighted by Gasteiger charge is 2.10. The maximum Gasteiger partial charge on any atom is 0.191 e. The van der Waals surface area contributed by atoms with Crippen LogP contribution in [-0.4, -0.2) is 30.5 Å². The van der Waals surface area contributed by atoms with Gasteiger partial charge in [0, 0.05) is 19.6 Å². The van der Waals surface area contributed by atoms with E-state index in [-0.39, 0.29) is 0 Å². The van der Waals surface area contributed by atoms with Crippen LogP contribution < -0.4 is 5.73 Å². The van der Waals surface area contributed by atoms with Crippen molar-refractivity contribution in [2.45, 2.75) is 39.0 Å². The molecule has 0 aliphatic carbocycles. The van der Waals surface area contributed by atoms with Gasteiger partial charge in [-0.3, -0.25) is 4.99 Å². The van der Waals surface area contributed by atoms with Crippen molar-refractivity contribution < 1.29 is 0 Å². The molecule has 2 N–H and O–H groups in total. The first kappa shape index (κ1) is 10.4. The molecule has 0 unspecified atom stereocenters. The summed E-state index contributed by atoms with van der Waals surface area (Å²) in [6, 6.07) is 0. The lowest BCUT2D eigenvalue weighted by Crippen LogP contribution is -2.40. The number of nitrogens with zero attached hydrogens (tertiary/aromatic N) is 2. The lowest BCUT2D eigenvalue weighted by Gasteiger charge is -2.27. The van der Waals surface area contributed by atoms with Gasteiger partial charge in [0.1, 0.15) is 0 Å². The summed E-state index contributed by atoms with van der Waals surface area (Å²) in [6.45, 7) is 5.26. The van der Waals surface area contributed by atoms with Gasteiger partial charge in [-0.25, -0.2) is 0 Å². The molecule has 76 valence electrons. The average molecular weight is 183 g/mol. The first-order valence-electron chi connectivity index (χ1n) is 5.39. The summed E-state index contributed by atoms with van der Waals surface area (Å²) in [5.74, 6) is 0.758. The molecule has 0 amide bonds. The Bertz CT molecular complexity index is 160. The molecule has 13 heavy (non-hydrogen) atoms. The maximum absolute atomic E-state index is 5.87. The summed E-state index contributed by atoms with van der Waals surface area (Å²) in [4.78, 5) is 6.57. The van der Waals surface area contributed by atoms with Crippen molar-refractivity contribution in [3.63, 3.8) is 0 Å². The summed E-state index contributed by atoms with van der Waals surface area (Å²) in [6.07, 6.45) is 6.22. The second-order valence-corrected chi connectivity index (χ2v) is 3.64. The average Bonchev–Trinajstić information content (AvgIpc) is 2.19. The summed E-state index contributed by atoms with van der Waals surface area (Å²) >= 11 is 0. The molecule has 1 rings (SSSR count). The zero-order valence-corrected chi connectivity index (χ0v) is 8.63. The Labute approximate surface area is 81.0 Å². The van der Waals surface area contributed by atoms with E-state index in [0.717, 1.165) is 32.0 Å². The van der Waals surface area contributed by atoms with E-state index in [1.54, 1.807) is 0 Å². The molecule has 0 aromatic carbocycles. The summed E-state index contributed by atoms with van der Waals surface area (Å²) in [7, 11) is 0. The van der Waals surface area contributed by atoms with Crippen LogP contribution in [0.4, 0.5) is 0 Å². The Hall–Kier alpha value is -0.730. The molecule has 3 nitrogen and oxygen atoms in total. The zero-order valence-electron chi connectivity index (χ0n) is 8.63. The van der Waals surface area contributed by atoms with Crippen LogP contribution in [-0.2, 0) is 0 Å². The van der Waals surface area contributed by atoms with Crippen LogP contribution in [0.15, 0.2) is 4.99 Å². The third-order valence-corrected chi connectivity index (χ3v) is 2.47. The van der Waals surface area contributed by atoms with E-state index in [4.69, 9.17) is 5.73 Å². The Morgan fingerprint density at radius 2 is 2.00 bits per heavy atom. The van der Waals surface area contributed by atoms with Gasteiger partial charge in [-0.05, 0) is 25.7 Å². The third-order valence-electron chi connectivity index (χ3n) is 2.47. The lowest BCUT2D eigenvalue weighted by atomic mass is 10.1. The topological polar surface area (TPSA) is 41.6 Å². The molecular formula is C10H21N3. The fraction of sp³-hybridized carbons (Fsp3) is 0.900. The van der Waals surface area contributed by atoms with Gasteiger partial charge in [-0.1, -0.05) is 13.3 Å². The van der Waals surface area contributed by atoms with E-state index in [0.29, 0.717) is 0 Å². The monoisotopic (exact) mass is 183 g/mol. The van der Waals surface area contributed by atoms with Gasteiger partial charge in [-0.2, -0.15) is 0 Å². The zero-order chi connectivity index (χ0) is 9.52. The van der Waals surface area contributed by atoms with Crippen molar-refractivity contribution in [1.29, 1.82) is 0 Å². The highest BCUT2D eigenvalue weighted by atomic mass is 15.2. The number of likely N-dealkylation sites (tertiary alicyclic amines) is 1. The molecule has 0 radical (unpaired) electrons. The number of nitrogens with two attached hydrogens (primary N) is 1. The minimum atomic E-state index is 0.758. The van der Waals surface area contributed by atoms with Gasteiger partial charge in [0.15, 0.2) is 5.96 Å². The molecule has 1 saturated heterocycles. The van der Waals surface area contributed by atoms with Crippen LogP contribution in [0.25, 0.3) is 0 Å². The predicted molar refractivity (Wildman–Crippen MR) is 56.8 cm³/mol. The Balaban J connectivity index is 2.27. The Morgan fingerprint density at radius 1 is 1.31 bits per heavy atom. The number of hydrogen-bond acceptors (Lipinski definition) is 1.